The molecule has 0 aromatic heterocycles. The molecule has 0 spiro atoms. The van der Waals surface area contributed by atoms with Gasteiger partial charge in [-0.1, -0.05) is 24.4 Å². The summed E-state index contributed by atoms with van der Waals surface area (Å²) in [6.07, 6.45) is 4.05. The molecule has 0 aliphatic heterocycles. The van der Waals surface area contributed by atoms with Crippen molar-refractivity contribution in [2.75, 3.05) is 11.9 Å². The number of halogens is 2. The van der Waals surface area contributed by atoms with Crippen molar-refractivity contribution in [3.05, 3.63) is 29.0 Å². The Balaban J connectivity index is 1.98. The van der Waals surface area contributed by atoms with Gasteiger partial charge in [-0.05, 0) is 31.0 Å². The molecule has 2 amide bonds. The van der Waals surface area contributed by atoms with Gasteiger partial charge in [0.25, 0.3) is 0 Å². The van der Waals surface area contributed by atoms with Crippen LogP contribution in [-0.4, -0.2) is 29.3 Å². The Morgan fingerprint density at radius 1 is 1.38 bits per heavy atom. The van der Waals surface area contributed by atoms with Gasteiger partial charge in [0.15, 0.2) is 0 Å². The second-order valence-electron chi connectivity index (χ2n) is 5.26. The zero-order valence-electron chi connectivity index (χ0n) is 11.9. The number of benzene rings is 1. The van der Waals surface area contributed by atoms with Crippen LogP contribution in [0, 0.1) is 5.82 Å². The minimum Gasteiger partial charge on any atom is -0.331 e. The monoisotopic (exact) mass is 312 g/mol. The molecule has 1 fully saturated rings. The molecule has 1 saturated carbocycles. The maximum absolute atomic E-state index is 13.1. The molecule has 0 saturated heterocycles. The van der Waals surface area contributed by atoms with Crippen molar-refractivity contribution < 1.29 is 14.0 Å². The highest BCUT2D eigenvalue weighted by Gasteiger charge is 2.26. The van der Waals surface area contributed by atoms with Crippen LogP contribution in [0.15, 0.2) is 18.2 Å². The lowest BCUT2D eigenvalue weighted by Gasteiger charge is -2.27. The molecule has 21 heavy (non-hydrogen) atoms. The normalized spacial score (nSPS) is 15.0. The number of hydrogen-bond donors (Lipinski definition) is 1. The fourth-order valence-corrected chi connectivity index (χ4v) is 2.82. The van der Waals surface area contributed by atoms with E-state index < -0.39 is 5.82 Å². The summed E-state index contributed by atoms with van der Waals surface area (Å²) in [5, 5.41) is 2.59. The lowest BCUT2D eigenvalue weighted by molar-refractivity contribution is -0.135. The molecule has 4 nitrogen and oxygen atoms in total. The van der Waals surface area contributed by atoms with Gasteiger partial charge in [0.1, 0.15) is 12.4 Å². The topological polar surface area (TPSA) is 49.4 Å². The molecule has 0 heterocycles. The smallest absolute Gasteiger partial charge is 0.244 e. The van der Waals surface area contributed by atoms with Gasteiger partial charge in [-0.15, -0.1) is 0 Å². The minimum atomic E-state index is -0.536. The lowest BCUT2D eigenvalue weighted by Crippen LogP contribution is -2.42. The van der Waals surface area contributed by atoms with Gasteiger partial charge in [-0.3, -0.25) is 9.59 Å². The Morgan fingerprint density at radius 3 is 2.62 bits per heavy atom. The van der Waals surface area contributed by atoms with Crippen molar-refractivity contribution in [1.82, 2.24) is 4.90 Å². The lowest BCUT2D eigenvalue weighted by atomic mass is 10.2. The predicted octanol–water partition coefficient (Wildman–Crippen LogP) is 3.21. The first-order valence-corrected chi connectivity index (χ1v) is 7.37. The standard InChI is InChI=1S/C15H18ClFN2O2/c1-10(20)19(12-4-2-3-5-12)9-15(21)18-11-6-7-14(17)13(16)8-11/h6-8,12H,2-5,9H2,1H3,(H,18,21). The number of anilines is 1. The van der Waals surface area contributed by atoms with E-state index in [1.807, 2.05) is 0 Å². The molecule has 1 aliphatic carbocycles. The van der Waals surface area contributed by atoms with Gasteiger partial charge in [0.05, 0.1) is 5.02 Å². The van der Waals surface area contributed by atoms with Crippen molar-refractivity contribution in [3.8, 4) is 0 Å². The van der Waals surface area contributed by atoms with Gasteiger partial charge in [-0.25, -0.2) is 4.39 Å². The van der Waals surface area contributed by atoms with Crippen LogP contribution in [0.3, 0.4) is 0 Å². The van der Waals surface area contributed by atoms with Gasteiger partial charge >= 0.3 is 0 Å². The molecule has 114 valence electrons. The number of hydrogen-bond acceptors (Lipinski definition) is 2. The van der Waals surface area contributed by atoms with Gasteiger partial charge in [0.2, 0.25) is 11.8 Å². The van der Waals surface area contributed by atoms with E-state index in [2.05, 4.69) is 5.32 Å². The molecular formula is C15H18ClFN2O2. The van der Waals surface area contributed by atoms with E-state index in [0.717, 1.165) is 25.7 Å². The number of nitrogens with zero attached hydrogens (tertiary/aromatic N) is 1. The molecule has 6 heteroatoms. The van der Waals surface area contributed by atoms with Gasteiger partial charge in [-0.2, -0.15) is 0 Å². The quantitative estimate of drug-likeness (QED) is 0.928. The van der Waals surface area contributed by atoms with Crippen molar-refractivity contribution in [2.45, 2.75) is 38.6 Å². The SMILES string of the molecule is CC(=O)N(CC(=O)Nc1ccc(F)c(Cl)c1)C1CCCC1. The fourth-order valence-electron chi connectivity index (χ4n) is 2.64. The van der Waals surface area contributed by atoms with Gasteiger partial charge in [0, 0.05) is 18.7 Å². The Hall–Kier alpha value is -1.62. The van der Waals surface area contributed by atoms with E-state index in [-0.39, 0.29) is 29.4 Å². The summed E-state index contributed by atoms with van der Waals surface area (Å²) in [6.45, 7) is 1.48. The van der Waals surface area contributed by atoms with Crippen molar-refractivity contribution >= 4 is 29.1 Å². The average molecular weight is 313 g/mol. The second kappa shape index (κ2) is 6.89. The van der Waals surface area contributed by atoms with Crippen molar-refractivity contribution in [1.29, 1.82) is 0 Å². The summed E-state index contributed by atoms with van der Waals surface area (Å²) in [7, 11) is 0. The minimum absolute atomic E-state index is 0.00892. The van der Waals surface area contributed by atoms with Crippen LogP contribution >= 0.6 is 11.6 Å². The molecule has 0 atom stereocenters. The Morgan fingerprint density at radius 2 is 2.05 bits per heavy atom. The van der Waals surface area contributed by atoms with E-state index in [0.29, 0.717) is 5.69 Å². The molecular weight excluding hydrogens is 295 g/mol. The van der Waals surface area contributed by atoms with Crippen molar-refractivity contribution in [2.24, 2.45) is 0 Å². The third kappa shape index (κ3) is 4.17. The highest BCUT2D eigenvalue weighted by molar-refractivity contribution is 6.31. The number of carbonyl (C=O) groups excluding carboxylic acids is 2. The largest absolute Gasteiger partial charge is 0.331 e. The highest BCUT2D eigenvalue weighted by Crippen LogP contribution is 2.24. The molecule has 0 radical (unpaired) electrons. The van der Waals surface area contributed by atoms with Crippen molar-refractivity contribution in [3.63, 3.8) is 0 Å². The number of rotatable bonds is 4. The van der Waals surface area contributed by atoms with Crippen LogP contribution in [0.5, 0.6) is 0 Å². The Labute approximate surface area is 128 Å². The molecule has 1 N–H and O–H groups in total. The van der Waals surface area contributed by atoms with Crippen LogP contribution in [-0.2, 0) is 9.59 Å². The molecule has 0 bridgehead atoms. The Bertz CT molecular complexity index is 544. The second-order valence-corrected chi connectivity index (χ2v) is 5.67. The number of carbonyl (C=O) groups is 2. The molecule has 1 aromatic rings. The summed E-state index contributed by atoms with van der Waals surface area (Å²) in [4.78, 5) is 25.3. The predicted molar refractivity (Wildman–Crippen MR) is 79.7 cm³/mol. The van der Waals surface area contributed by atoms with E-state index in [1.54, 1.807) is 4.90 Å². The van der Waals surface area contributed by atoms with Crippen LogP contribution < -0.4 is 5.32 Å². The van der Waals surface area contributed by atoms with E-state index >= 15 is 0 Å². The Kier molecular flexibility index (Phi) is 5.17. The summed E-state index contributed by atoms with van der Waals surface area (Å²) in [5.41, 5.74) is 0.418. The van der Waals surface area contributed by atoms with E-state index in [1.165, 1.54) is 25.1 Å². The summed E-state index contributed by atoms with van der Waals surface area (Å²) in [6, 6.07) is 4.12. The van der Waals surface area contributed by atoms with E-state index in [9.17, 15) is 14.0 Å². The summed E-state index contributed by atoms with van der Waals surface area (Å²) >= 11 is 5.67. The fraction of sp³-hybridized carbons (Fsp3) is 0.467. The van der Waals surface area contributed by atoms with Gasteiger partial charge < -0.3 is 10.2 Å². The van der Waals surface area contributed by atoms with Crippen LogP contribution in [0.1, 0.15) is 32.6 Å². The van der Waals surface area contributed by atoms with Crippen LogP contribution in [0.25, 0.3) is 0 Å². The van der Waals surface area contributed by atoms with Crippen LogP contribution in [0.4, 0.5) is 10.1 Å². The molecule has 1 aliphatic rings. The zero-order valence-corrected chi connectivity index (χ0v) is 12.6. The number of amides is 2. The maximum Gasteiger partial charge on any atom is 0.244 e. The first-order valence-electron chi connectivity index (χ1n) is 6.99. The molecule has 2 rings (SSSR count). The molecule has 0 unspecified atom stereocenters. The summed E-state index contributed by atoms with van der Waals surface area (Å²) < 4.78 is 13.1. The highest BCUT2D eigenvalue weighted by atomic mass is 35.5. The first-order chi connectivity index (χ1) is 9.97. The van der Waals surface area contributed by atoms with Crippen LogP contribution in [0.2, 0.25) is 5.02 Å². The first kappa shape index (κ1) is 15.8. The maximum atomic E-state index is 13.1. The third-order valence-corrected chi connectivity index (χ3v) is 3.98. The number of nitrogens with one attached hydrogen (secondary N) is 1. The average Bonchev–Trinajstić information content (AvgIpc) is 2.93. The third-order valence-electron chi connectivity index (χ3n) is 3.69. The molecule has 1 aromatic carbocycles. The summed E-state index contributed by atoms with van der Waals surface area (Å²) in [5.74, 6) is -0.944. The zero-order chi connectivity index (χ0) is 15.4. The van der Waals surface area contributed by atoms with E-state index in [4.69, 9.17) is 11.6 Å².